The van der Waals surface area contributed by atoms with Crippen LogP contribution in [0, 0.1) is 0 Å². The van der Waals surface area contributed by atoms with Crippen molar-refractivity contribution in [2.45, 2.75) is 12.2 Å². The first kappa shape index (κ1) is 19.6. The van der Waals surface area contributed by atoms with Gasteiger partial charge in [0.25, 0.3) is 20.2 Å². The van der Waals surface area contributed by atoms with Crippen LogP contribution in [0.5, 0.6) is 0 Å². The maximum Gasteiger partial charge on any atom is 2.00 e. The van der Waals surface area contributed by atoms with Crippen LogP contribution in [0.3, 0.4) is 0 Å². The zero-order valence-corrected chi connectivity index (χ0v) is 10.7. The molecule has 0 rings (SSSR count). The molecular formula is C3H10CaO7S2+2. The van der Waals surface area contributed by atoms with E-state index in [0.29, 0.717) is 0 Å². The molecule has 0 amide bonds. The number of rotatable bonds is 3. The van der Waals surface area contributed by atoms with E-state index in [2.05, 4.69) is 0 Å². The molecule has 0 bridgehead atoms. The van der Waals surface area contributed by atoms with Gasteiger partial charge in [0.1, 0.15) is 0 Å². The molecule has 0 fully saturated rings. The Labute approximate surface area is 106 Å². The minimum Gasteiger partial charge on any atom is -0.412 e. The van der Waals surface area contributed by atoms with E-state index in [0.717, 1.165) is 6.92 Å². The van der Waals surface area contributed by atoms with Crippen molar-refractivity contribution in [3.8, 4) is 0 Å². The standard InChI is InChI=1S/C3H8O6S2.Ca.H2O/c1-3(11(7,8)9)2-10(4,5)6;;/h3H,2H2,1H3,(H,4,5,6)(H,7,8,9);;1H2/q;+2;. The van der Waals surface area contributed by atoms with Gasteiger partial charge in [-0.15, -0.1) is 0 Å². The third kappa shape index (κ3) is 11.0. The Morgan fingerprint density at radius 1 is 1.15 bits per heavy atom. The van der Waals surface area contributed by atoms with Crippen molar-refractivity contribution in [3.05, 3.63) is 0 Å². The first-order chi connectivity index (χ1) is 4.63. The van der Waals surface area contributed by atoms with Crippen LogP contribution in [0.1, 0.15) is 6.92 Å². The van der Waals surface area contributed by atoms with Crippen molar-refractivity contribution >= 4 is 58.0 Å². The minimum absolute atomic E-state index is 0. The summed E-state index contributed by atoms with van der Waals surface area (Å²) in [5.74, 6) is -0.994. The Balaban J connectivity index is -0.000000500. The summed E-state index contributed by atoms with van der Waals surface area (Å²) in [6.07, 6.45) is 0. The van der Waals surface area contributed by atoms with Gasteiger partial charge in [0.05, 0.1) is 11.0 Å². The maximum atomic E-state index is 10.2. The van der Waals surface area contributed by atoms with Crippen molar-refractivity contribution in [1.29, 1.82) is 0 Å². The topological polar surface area (TPSA) is 140 Å². The maximum absolute atomic E-state index is 10.2. The molecule has 0 aromatic carbocycles. The van der Waals surface area contributed by atoms with Crippen molar-refractivity contribution in [1.82, 2.24) is 0 Å². The fraction of sp³-hybridized carbons (Fsp3) is 1.00. The van der Waals surface area contributed by atoms with Crippen LogP contribution in [0.4, 0.5) is 0 Å². The summed E-state index contributed by atoms with van der Waals surface area (Å²) < 4.78 is 56.9. The number of hydrogen-bond donors (Lipinski definition) is 2. The molecule has 0 spiro atoms. The number of hydrogen-bond acceptors (Lipinski definition) is 4. The molecule has 1 unspecified atom stereocenters. The first-order valence-corrected chi connectivity index (χ1v) is 5.65. The molecule has 0 aromatic heterocycles. The predicted octanol–water partition coefficient (Wildman–Crippen LogP) is -2.05. The van der Waals surface area contributed by atoms with Gasteiger partial charge in [0.2, 0.25) is 0 Å². The fourth-order valence-corrected chi connectivity index (χ4v) is 2.18. The smallest absolute Gasteiger partial charge is 0.412 e. The summed E-state index contributed by atoms with van der Waals surface area (Å²) in [7, 11) is -8.72. The molecule has 0 heterocycles. The van der Waals surface area contributed by atoms with Gasteiger partial charge in [-0.3, -0.25) is 9.11 Å². The molecule has 7 nitrogen and oxygen atoms in total. The van der Waals surface area contributed by atoms with E-state index in [-0.39, 0.29) is 43.2 Å². The molecule has 0 aliphatic carbocycles. The second-order valence-electron chi connectivity index (χ2n) is 2.07. The molecule has 0 aliphatic heterocycles. The molecule has 4 N–H and O–H groups in total. The van der Waals surface area contributed by atoms with Crippen molar-refractivity contribution in [2.75, 3.05) is 5.75 Å². The minimum atomic E-state index is -4.38. The summed E-state index contributed by atoms with van der Waals surface area (Å²) in [5, 5.41) is -1.50. The van der Waals surface area contributed by atoms with Gasteiger partial charge in [-0.25, -0.2) is 0 Å². The summed E-state index contributed by atoms with van der Waals surface area (Å²) in [6, 6.07) is 0. The van der Waals surface area contributed by atoms with E-state index < -0.39 is 31.2 Å². The summed E-state index contributed by atoms with van der Waals surface area (Å²) in [4.78, 5) is 0. The van der Waals surface area contributed by atoms with Gasteiger partial charge in [-0.05, 0) is 6.92 Å². The van der Waals surface area contributed by atoms with Crippen LogP contribution in [0.15, 0.2) is 0 Å². The van der Waals surface area contributed by atoms with Gasteiger partial charge in [-0.1, -0.05) is 0 Å². The Morgan fingerprint density at radius 3 is 1.54 bits per heavy atom. The van der Waals surface area contributed by atoms with E-state index in [9.17, 15) is 16.8 Å². The zero-order chi connectivity index (χ0) is 9.28. The Kier molecular flexibility index (Phi) is 9.81. The third-order valence-corrected chi connectivity index (χ3v) is 3.27. The monoisotopic (exact) mass is 262 g/mol. The predicted molar refractivity (Wildman–Crippen MR) is 46.8 cm³/mol. The van der Waals surface area contributed by atoms with Crippen LogP contribution in [0.2, 0.25) is 0 Å². The van der Waals surface area contributed by atoms with Crippen LogP contribution in [-0.2, 0) is 20.2 Å². The van der Waals surface area contributed by atoms with Crippen LogP contribution in [-0.4, -0.2) is 80.2 Å². The SMILES string of the molecule is CC(CS(=O)(=O)O)S(=O)(=O)O.O.[Ca+2]. The molecule has 1 atom stereocenters. The van der Waals surface area contributed by atoms with Crippen molar-refractivity contribution in [3.63, 3.8) is 0 Å². The third-order valence-electron chi connectivity index (χ3n) is 0.954. The van der Waals surface area contributed by atoms with Crippen LogP contribution < -0.4 is 0 Å². The zero-order valence-electron chi connectivity index (χ0n) is 6.84. The average molecular weight is 262 g/mol. The molecule has 0 saturated carbocycles. The van der Waals surface area contributed by atoms with Gasteiger partial charge in [-0.2, -0.15) is 16.8 Å². The summed E-state index contributed by atoms with van der Waals surface area (Å²) in [5.41, 5.74) is 0. The average Bonchev–Trinajstić information content (AvgIpc) is 1.56. The van der Waals surface area contributed by atoms with Crippen LogP contribution in [0.25, 0.3) is 0 Å². The van der Waals surface area contributed by atoms with Gasteiger partial charge >= 0.3 is 37.7 Å². The van der Waals surface area contributed by atoms with Gasteiger partial charge in [0.15, 0.2) is 0 Å². The fourth-order valence-electron chi connectivity index (χ4n) is 0.383. The molecule has 0 radical (unpaired) electrons. The quantitative estimate of drug-likeness (QED) is 0.443. The first-order valence-electron chi connectivity index (χ1n) is 2.54. The van der Waals surface area contributed by atoms with E-state index in [4.69, 9.17) is 9.11 Å². The Hall–Kier alpha value is 1.04. The second kappa shape index (κ2) is 6.51. The Morgan fingerprint density at radius 2 is 1.46 bits per heavy atom. The van der Waals surface area contributed by atoms with E-state index >= 15 is 0 Å². The molecule has 10 heteroatoms. The van der Waals surface area contributed by atoms with Crippen molar-refractivity contribution < 1.29 is 31.4 Å². The van der Waals surface area contributed by atoms with Crippen molar-refractivity contribution in [2.24, 2.45) is 0 Å². The Bertz CT molecular complexity index is 316. The van der Waals surface area contributed by atoms with E-state index in [1.54, 1.807) is 0 Å². The van der Waals surface area contributed by atoms with Gasteiger partial charge < -0.3 is 5.48 Å². The molecule has 0 saturated heterocycles. The second-order valence-corrected chi connectivity index (χ2v) is 5.41. The van der Waals surface area contributed by atoms with Gasteiger partial charge in [0, 0.05) is 0 Å². The normalized spacial score (nSPS) is 13.8. The largest absolute Gasteiger partial charge is 2.00 e. The molecular weight excluding hydrogens is 252 g/mol. The molecule has 13 heavy (non-hydrogen) atoms. The molecule has 76 valence electrons. The van der Waals surface area contributed by atoms with E-state index in [1.807, 2.05) is 0 Å². The molecule has 0 aliphatic rings. The van der Waals surface area contributed by atoms with E-state index in [1.165, 1.54) is 0 Å². The molecule has 0 aromatic rings. The van der Waals surface area contributed by atoms with Crippen LogP contribution >= 0.6 is 0 Å². The summed E-state index contributed by atoms with van der Waals surface area (Å²) in [6.45, 7) is 0.975. The summed E-state index contributed by atoms with van der Waals surface area (Å²) >= 11 is 0.